The van der Waals surface area contributed by atoms with Crippen LogP contribution in [0.3, 0.4) is 0 Å². The second-order valence-corrected chi connectivity index (χ2v) is 8.10. The van der Waals surface area contributed by atoms with Crippen molar-refractivity contribution in [3.05, 3.63) is 52.7 Å². The fraction of sp³-hybridized carbons (Fsp3) is 0.333. The third-order valence-corrected chi connectivity index (χ3v) is 6.22. The Kier molecular flexibility index (Phi) is 4.85. The molecule has 29 heavy (non-hydrogen) atoms. The second-order valence-electron chi connectivity index (χ2n) is 7.26. The molecule has 1 amide bonds. The van der Waals surface area contributed by atoms with Crippen molar-refractivity contribution in [2.75, 3.05) is 29.9 Å². The third-order valence-electron chi connectivity index (χ3n) is 5.27. The molecular formula is C21H22N6OS. The van der Waals surface area contributed by atoms with E-state index < -0.39 is 0 Å². The number of fused-ring (bicyclic) bond motifs is 1. The van der Waals surface area contributed by atoms with E-state index >= 15 is 0 Å². The summed E-state index contributed by atoms with van der Waals surface area (Å²) in [5, 5.41) is 9.48. The molecule has 2 N–H and O–H groups in total. The number of amides is 1. The van der Waals surface area contributed by atoms with Gasteiger partial charge in [-0.2, -0.15) is 0 Å². The number of rotatable bonds is 5. The van der Waals surface area contributed by atoms with Crippen LogP contribution in [0.2, 0.25) is 0 Å². The summed E-state index contributed by atoms with van der Waals surface area (Å²) < 4.78 is 0. The SMILES string of the molecule is O=C1NCCc2c(NCc3csc(N4CCCC4)n3)nc(-c3ccccc3)nc21. The van der Waals surface area contributed by atoms with Gasteiger partial charge in [-0.3, -0.25) is 4.79 Å². The van der Waals surface area contributed by atoms with Crippen LogP contribution in [0.5, 0.6) is 0 Å². The normalized spacial score (nSPS) is 15.9. The molecule has 1 saturated heterocycles. The minimum atomic E-state index is -0.140. The molecule has 0 bridgehead atoms. The Morgan fingerprint density at radius 3 is 2.76 bits per heavy atom. The molecule has 1 aromatic carbocycles. The van der Waals surface area contributed by atoms with Crippen LogP contribution in [0.25, 0.3) is 11.4 Å². The fourth-order valence-electron chi connectivity index (χ4n) is 3.76. The summed E-state index contributed by atoms with van der Waals surface area (Å²) in [6.45, 7) is 3.36. The molecular weight excluding hydrogens is 384 g/mol. The van der Waals surface area contributed by atoms with E-state index in [4.69, 9.17) is 9.97 Å². The summed E-state index contributed by atoms with van der Waals surface area (Å²) in [5.41, 5.74) is 3.22. The molecule has 7 nitrogen and oxygen atoms in total. The smallest absolute Gasteiger partial charge is 0.270 e. The number of benzene rings is 1. The van der Waals surface area contributed by atoms with Crippen LogP contribution in [-0.2, 0) is 13.0 Å². The van der Waals surface area contributed by atoms with Crippen molar-refractivity contribution in [1.82, 2.24) is 20.3 Å². The van der Waals surface area contributed by atoms with Crippen molar-refractivity contribution in [3.8, 4) is 11.4 Å². The van der Waals surface area contributed by atoms with Gasteiger partial charge >= 0.3 is 0 Å². The molecule has 0 saturated carbocycles. The van der Waals surface area contributed by atoms with Gasteiger partial charge in [-0.1, -0.05) is 30.3 Å². The van der Waals surface area contributed by atoms with Crippen LogP contribution in [0, 0.1) is 0 Å². The number of carbonyl (C=O) groups is 1. The van der Waals surface area contributed by atoms with E-state index in [1.165, 1.54) is 12.8 Å². The van der Waals surface area contributed by atoms with Crippen molar-refractivity contribution in [1.29, 1.82) is 0 Å². The van der Waals surface area contributed by atoms with Crippen molar-refractivity contribution in [2.45, 2.75) is 25.8 Å². The van der Waals surface area contributed by atoms with Gasteiger partial charge in [0.05, 0.1) is 12.2 Å². The van der Waals surface area contributed by atoms with Gasteiger partial charge in [0.25, 0.3) is 5.91 Å². The number of nitrogens with zero attached hydrogens (tertiary/aromatic N) is 4. The standard InChI is InChI=1S/C21H22N6OS/c28-20-17-16(8-9-22-20)19(26-18(25-17)14-6-2-1-3-7-14)23-12-15-13-29-21(24-15)27-10-4-5-11-27/h1-3,6-7,13H,4-5,8-12H2,(H,22,28)(H,23,25,26). The highest BCUT2D eigenvalue weighted by molar-refractivity contribution is 7.13. The zero-order chi connectivity index (χ0) is 19.6. The summed E-state index contributed by atoms with van der Waals surface area (Å²) >= 11 is 1.69. The minimum Gasteiger partial charge on any atom is -0.364 e. The van der Waals surface area contributed by atoms with Gasteiger partial charge in [0.2, 0.25) is 0 Å². The first-order chi connectivity index (χ1) is 14.3. The number of hydrogen-bond donors (Lipinski definition) is 2. The van der Waals surface area contributed by atoms with Crippen LogP contribution < -0.4 is 15.5 Å². The molecule has 2 aromatic heterocycles. The topological polar surface area (TPSA) is 83.0 Å². The van der Waals surface area contributed by atoms with Gasteiger partial charge in [0.1, 0.15) is 11.5 Å². The maximum absolute atomic E-state index is 12.4. The first kappa shape index (κ1) is 18.1. The Bertz CT molecular complexity index is 1030. The zero-order valence-corrected chi connectivity index (χ0v) is 16.8. The van der Waals surface area contributed by atoms with Crippen molar-refractivity contribution in [2.24, 2.45) is 0 Å². The average Bonchev–Trinajstić information content (AvgIpc) is 3.45. The number of carbonyl (C=O) groups excluding carboxylic acids is 1. The molecule has 148 valence electrons. The van der Waals surface area contributed by atoms with E-state index in [0.29, 0.717) is 31.0 Å². The molecule has 0 unspecified atom stereocenters. The van der Waals surface area contributed by atoms with E-state index in [1.54, 1.807) is 11.3 Å². The average molecular weight is 407 g/mol. The van der Waals surface area contributed by atoms with Gasteiger partial charge in [-0.05, 0) is 19.3 Å². The second kappa shape index (κ2) is 7.79. The van der Waals surface area contributed by atoms with E-state index in [0.717, 1.165) is 40.9 Å². The molecule has 1 fully saturated rings. The number of aromatic nitrogens is 3. The Hall–Kier alpha value is -3.00. The number of hydrogen-bond acceptors (Lipinski definition) is 7. The Morgan fingerprint density at radius 2 is 1.93 bits per heavy atom. The van der Waals surface area contributed by atoms with Crippen LogP contribution in [0.15, 0.2) is 35.7 Å². The Balaban J connectivity index is 1.43. The lowest BCUT2D eigenvalue weighted by Gasteiger charge is -2.20. The summed E-state index contributed by atoms with van der Waals surface area (Å²) in [7, 11) is 0. The van der Waals surface area contributed by atoms with Crippen LogP contribution in [0.1, 0.15) is 34.6 Å². The lowest BCUT2D eigenvalue weighted by atomic mass is 10.1. The first-order valence-corrected chi connectivity index (χ1v) is 10.8. The molecule has 3 aromatic rings. The van der Waals surface area contributed by atoms with Gasteiger partial charge in [0.15, 0.2) is 11.0 Å². The quantitative estimate of drug-likeness (QED) is 0.678. The fourth-order valence-corrected chi connectivity index (χ4v) is 4.64. The highest BCUT2D eigenvalue weighted by Crippen LogP contribution is 2.27. The predicted molar refractivity (Wildman–Crippen MR) is 114 cm³/mol. The van der Waals surface area contributed by atoms with E-state index in [9.17, 15) is 4.79 Å². The van der Waals surface area contributed by atoms with E-state index in [-0.39, 0.29) is 5.91 Å². The summed E-state index contributed by atoms with van der Waals surface area (Å²) in [6, 6.07) is 9.75. The molecule has 0 spiro atoms. The third kappa shape index (κ3) is 3.67. The minimum absolute atomic E-state index is 0.140. The number of nitrogens with one attached hydrogen (secondary N) is 2. The van der Waals surface area contributed by atoms with Gasteiger partial charge in [0, 0.05) is 36.1 Å². The first-order valence-electron chi connectivity index (χ1n) is 9.96. The molecule has 8 heteroatoms. The van der Waals surface area contributed by atoms with Gasteiger partial charge in [-0.25, -0.2) is 15.0 Å². The van der Waals surface area contributed by atoms with Gasteiger partial charge < -0.3 is 15.5 Å². The number of thiazole rings is 1. The monoisotopic (exact) mass is 406 g/mol. The highest BCUT2D eigenvalue weighted by Gasteiger charge is 2.24. The summed E-state index contributed by atoms with van der Waals surface area (Å²) in [4.78, 5) is 28.8. The molecule has 2 aliphatic heterocycles. The largest absolute Gasteiger partial charge is 0.364 e. The van der Waals surface area contributed by atoms with E-state index in [1.807, 2.05) is 30.3 Å². The van der Waals surface area contributed by atoms with Crippen LogP contribution in [-0.4, -0.2) is 40.5 Å². The van der Waals surface area contributed by atoms with Crippen LogP contribution >= 0.6 is 11.3 Å². The highest BCUT2D eigenvalue weighted by atomic mass is 32.1. The molecule has 4 heterocycles. The van der Waals surface area contributed by atoms with E-state index in [2.05, 4.69) is 25.9 Å². The molecule has 0 radical (unpaired) electrons. The molecule has 2 aliphatic rings. The number of anilines is 2. The maximum Gasteiger partial charge on any atom is 0.270 e. The zero-order valence-electron chi connectivity index (χ0n) is 16.0. The Morgan fingerprint density at radius 1 is 1.10 bits per heavy atom. The van der Waals surface area contributed by atoms with Gasteiger partial charge in [-0.15, -0.1) is 11.3 Å². The Labute approximate surface area is 173 Å². The molecule has 0 atom stereocenters. The maximum atomic E-state index is 12.4. The van der Waals surface area contributed by atoms with Crippen LogP contribution in [0.4, 0.5) is 10.9 Å². The lowest BCUT2D eigenvalue weighted by Crippen LogP contribution is -2.34. The summed E-state index contributed by atoms with van der Waals surface area (Å²) in [6.07, 6.45) is 3.20. The van der Waals surface area contributed by atoms with Crippen molar-refractivity contribution in [3.63, 3.8) is 0 Å². The molecule has 0 aliphatic carbocycles. The lowest BCUT2D eigenvalue weighted by molar-refractivity contribution is 0.0940. The van der Waals surface area contributed by atoms with Crippen molar-refractivity contribution < 1.29 is 4.79 Å². The van der Waals surface area contributed by atoms with Crippen molar-refractivity contribution >= 4 is 28.2 Å². The summed E-state index contributed by atoms with van der Waals surface area (Å²) in [5.74, 6) is 1.14. The predicted octanol–water partition coefficient (Wildman–Crippen LogP) is 3.10. The molecule has 5 rings (SSSR count).